The molecule has 0 saturated carbocycles. The lowest BCUT2D eigenvalue weighted by Gasteiger charge is -2.13. The van der Waals surface area contributed by atoms with E-state index in [1.54, 1.807) is 13.1 Å². The summed E-state index contributed by atoms with van der Waals surface area (Å²) in [6.45, 7) is 4.31. The van der Waals surface area contributed by atoms with E-state index in [0.29, 0.717) is 30.4 Å². The van der Waals surface area contributed by atoms with Crippen molar-refractivity contribution in [3.05, 3.63) is 34.8 Å². The van der Waals surface area contributed by atoms with E-state index in [-0.39, 0.29) is 18.5 Å². The maximum atomic E-state index is 13.2. The van der Waals surface area contributed by atoms with Crippen LogP contribution in [0.4, 0.5) is 4.39 Å². The van der Waals surface area contributed by atoms with Crippen LogP contribution < -0.4 is 5.32 Å². The van der Waals surface area contributed by atoms with Gasteiger partial charge in [0.1, 0.15) is 17.8 Å². The molecule has 2 N–H and O–H groups in total. The Morgan fingerprint density at radius 1 is 1.52 bits per heavy atom. The van der Waals surface area contributed by atoms with Gasteiger partial charge in [0.25, 0.3) is 5.91 Å². The quantitative estimate of drug-likeness (QED) is 0.894. The Bertz CT molecular complexity index is 691. The van der Waals surface area contributed by atoms with Crippen molar-refractivity contribution in [2.75, 3.05) is 13.6 Å². The summed E-state index contributed by atoms with van der Waals surface area (Å²) < 4.78 is 18.7. The predicted molar refractivity (Wildman–Crippen MR) is 80.6 cm³/mol. The standard InChI is InChI=1S/C15H20FN5O2/c1-8-4-12(23-9(8)2)15(22)21(3)7-13-18-14(20-19-13)11-5-10(16)6-17-11/h4,10-11,17H,5-7H2,1-3H3,(H,18,19,20)/t10-,11+/m0/s1. The third kappa shape index (κ3) is 3.26. The highest BCUT2D eigenvalue weighted by Crippen LogP contribution is 2.22. The summed E-state index contributed by atoms with van der Waals surface area (Å²) in [6.07, 6.45) is -0.492. The zero-order chi connectivity index (χ0) is 16.6. The number of halogens is 1. The van der Waals surface area contributed by atoms with Gasteiger partial charge in [-0.1, -0.05) is 0 Å². The molecule has 2 aromatic rings. The second-order valence-electron chi connectivity index (χ2n) is 5.95. The summed E-state index contributed by atoms with van der Waals surface area (Å²) in [5.74, 6) is 1.91. The second kappa shape index (κ2) is 6.11. The van der Waals surface area contributed by atoms with Gasteiger partial charge in [-0.15, -0.1) is 0 Å². The van der Waals surface area contributed by atoms with E-state index in [1.807, 2.05) is 13.8 Å². The number of aromatic amines is 1. The first-order valence-electron chi connectivity index (χ1n) is 7.55. The molecule has 23 heavy (non-hydrogen) atoms. The molecule has 1 aliphatic heterocycles. The zero-order valence-electron chi connectivity index (χ0n) is 13.4. The van der Waals surface area contributed by atoms with Gasteiger partial charge >= 0.3 is 0 Å². The normalized spacial score (nSPS) is 20.9. The van der Waals surface area contributed by atoms with Crippen molar-refractivity contribution in [1.82, 2.24) is 25.4 Å². The molecule has 0 radical (unpaired) electrons. The van der Waals surface area contributed by atoms with Crippen LogP contribution >= 0.6 is 0 Å². The van der Waals surface area contributed by atoms with Gasteiger partial charge in [-0.2, -0.15) is 5.10 Å². The Kier molecular flexibility index (Phi) is 4.16. The number of amides is 1. The number of carbonyl (C=O) groups excluding carboxylic acids is 1. The maximum Gasteiger partial charge on any atom is 0.289 e. The fourth-order valence-electron chi connectivity index (χ4n) is 2.59. The van der Waals surface area contributed by atoms with Gasteiger partial charge in [0.05, 0.1) is 12.6 Å². The van der Waals surface area contributed by atoms with E-state index in [4.69, 9.17) is 4.42 Å². The molecule has 1 aliphatic rings. The molecular weight excluding hydrogens is 301 g/mol. The number of aromatic nitrogens is 3. The summed E-state index contributed by atoms with van der Waals surface area (Å²) in [7, 11) is 1.67. The van der Waals surface area contributed by atoms with Crippen LogP contribution in [0.2, 0.25) is 0 Å². The maximum absolute atomic E-state index is 13.2. The van der Waals surface area contributed by atoms with Crippen LogP contribution in [0.1, 0.15) is 46.0 Å². The molecule has 3 rings (SSSR count). The first-order chi connectivity index (χ1) is 10.9. The van der Waals surface area contributed by atoms with Crippen LogP contribution in [-0.2, 0) is 6.54 Å². The zero-order valence-corrected chi connectivity index (χ0v) is 13.4. The van der Waals surface area contributed by atoms with Crippen molar-refractivity contribution in [2.45, 2.75) is 39.0 Å². The SMILES string of the molecule is Cc1cc(C(=O)N(C)Cc2nc([C@H]3C[C@H](F)CN3)n[nH]2)oc1C. The lowest BCUT2D eigenvalue weighted by Crippen LogP contribution is -2.26. The van der Waals surface area contributed by atoms with Crippen LogP contribution in [0.15, 0.2) is 10.5 Å². The molecule has 0 unspecified atom stereocenters. The van der Waals surface area contributed by atoms with Gasteiger partial charge in [0.15, 0.2) is 11.6 Å². The van der Waals surface area contributed by atoms with E-state index in [9.17, 15) is 9.18 Å². The van der Waals surface area contributed by atoms with Gasteiger partial charge < -0.3 is 14.6 Å². The summed E-state index contributed by atoms with van der Waals surface area (Å²) >= 11 is 0. The fraction of sp³-hybridized carbons (Fsp3) is 0.533. The summed E-state index contributed by atoms with van der Waals surface area (Å²) in [5, 5.41) is 9.94. The Balaban J connectivity index is 1.64. The molecular formula is C15H20FN5O2. The van der Waals surface area contributed by atoms with E-state index >= 15 is 0 Å². The fourth-order valence-corrected chi connectivity index (χ4v) is 2.59. The van der Waals surface area contributed by atoms with Crippen LogP contribution in [0.5, 0.6) is 0 Å². The van der Waals surface area contributed by atoms with Crippen molar-refractivity contribution in [2.24, 2.45) is 0 Å². The van der Waals surface area contributed by atoms with Crippen molar-refractivity contribution in [3.63, 3.8) is 0 Å². The molecule has 1 amide bonds. The minimum Gasteiger partial charge on any atom is -0.456 e. The Morgan fingerprint density at radius 3 is 2.91 bits per heavy atom. The molecule has 0 aromatic carbocycles. The van der Waals surface area contributed by atoms with Gasteiger partial charge in [-0.25, -0.2) is 9.37 Å². The largest absolute Gasteiger partial charge is 0.456 e. The average Bonchev–Trinajstić information content (AvgIpc) is 3.20. The van der Waals surface area contributed by atoms with Gasteiger partial charge in [-0.05, 0) is 25.5 Å². The highest BCUT2D eigenvalue weighted by Gasteiger charge is 2.28. The van der Waals surface area contributed by atoms with Crippen LogP contribution in [-0.4, -0.2) is 45.8 Å². The average molecular weight is 321 g/mol. The van der Waals surface area contributed by atoms with Gasteiger partial charge in [0.2, 0.25) is 0 Å². The Hall–Kier alpha value is -2.22. The lowest BCUT2D eigenvalue weighted by atomic mass is 10.2. The first-order valence-corrected chi connectivity index (χ1v) is 7.55. The molecule has 3 heterocycles. The van der Waals surface area contributed by atoms with Crippen LogP contribution in [0.3, 0.4) is 0 Å². The number of rotatable bonds is 4. The number of nitrogens with one attached hydrogen (secondary N) is 2. The molecule has 124 valence electrons. The monoisotopic (exact) mass is 321 g/mol. The van der Waals surface area contributed by atoms with E-state index in [1.165, 1.54) is 4.90 Å². The molecule has 0 spiro atoms. The third-order valence-corrected chi connectivity index (χ3v) is 4.05. The summed E-state index contributed by atoms with van der Waals surface area (Å²) in [4.78, 5) is 18.2. The van der Waals surface area contributed by atoms with E-state index in [2.05, 4.69) is 20.5 Å². The van der Waals surface area contributed by atoms with Gasteiger partial charge in [-0.3, -0.25) is 9.89 Å². The Labute approximate surface area is 133 Å². The van der Waals surface area contributed by atoms with E-state index in [0.717, 1.165) is 11.3 Å². The number of aryl methyl sites for hydroxylation is 2. The smallest absolute Gasteiger partial charge is 0.289 e. The predicted octanol–water partition coefficient (Wildman–Crippen LogP) is 1.66. The van der Waals surface area contributed by atoms with Crippen molar-refractivity contribution < 1.29 is 13.6 Å². The summed E-state index contributed by atoms with van der Waals surface area (Å²) in [5.41, 5.74) is 0.941. The molecule has 0 aliphatic carbocycles. The first kappa shape index (κ1) is 15.7. The highest BCUT2D eigenvalue weighted by molar-refractivity contribution is 5.91. The number of alkyl halides is 1. The minimum absolute atomic E-state index is 0.175. The molecule has 8 heteroatoms. The van der Waals surface area contributed by atoms with Gasteiger partial charge in [0, 0.05) is 20.0 Å². The second-order valence-corrected chi connectivity index (χ2v) is 5.95. The topological polar surface area (TPSA) is 87.0 Å². The highest BCUT2D eigenvalue weighted by atomic mass is 19.1. The minimum atomic E-state index is -0.864. The molecule has 1 saturated heterocycles. The molecule has 0 bridgehead atoms. The number of hydrogen-bond acceptors (Lipinski definition) is 5. The number of furan rings is 1. The Morgan fingerprint density at radius 2 is 2.30 bits per heavy atom. The van der Waals surface area contributed by atoms with E-state index < -0.39 is 6.17 Å². The molecule has 2 aromatic heterocycles. The van der Waals surface area contributed by atoms with Crippen molar-refractivity contribution >= 4 is 5.91 Å². The molecule has 2 atom stereocenters. The molecule has 1 fully saturated rings. The van der Waals surface area contributed by atoms with Crippen LogP contribution in [0.25, 0.3) is 0 Å². The number of H-pyrrole nitrogens is 1. The van der Waals surface area contributed by atoms with Crippen molar-refractivity contribution in [1.29, 1.82) is 0 Å². The molecule has 7 nitrogen and oxygen atoms in total. The van der Waals surface area contributed by atoms with Crippen LogP contribution in [0, 0.1) is 13.8 Å². The van der Waals surface area contributed by atoms with Crippen molar-refractivity contribution in [3.8, 4) is 0 Å². The number of nitrogens with zero attached hydrogens (tertiary/aromatic N) is 3. The number of carbonyl (C=O) groups is 1. The lowest BCUT2D eigenvalue weighted by molar-refractivity contribution is 0.0748. The third-order valence-electron chi connectivity index (χ3n) is 4.05. The number of hydrogen-bond donors (Lipinski definition) is 2. The summed E-state index contributed by atoms with van der Waals surface area (Å²) in [6, 6.07) is 1.55.